The molecule has 2 fully saturated rings. The maximum absolute atomic E-state index is 6.05. The first-order chi connectivity index (χ1) is 9.30. The highest BCUT2D eigenvalue weighted by molar-refractivity contribution is 5.12. The van der Waals surface area contributed by atoms with E-state index >= 15 is 0 Å². The molecular formula is C14H22N2O3. The smallest absolute Gasteiger partial charge is 0.157 e. The lowest BCUT2D eigenvalue weighted by Gasteiger charge is -2.36. The highest BCUT2D eigenvalue weighted by Crippen LogP contribution is 2.34. The number of hydrogen-bond acceptors (Lipinski definition) is 4. The van der Waals surface area contributed by atoms with Gasteiger partial charge in [-0.05, 0) is 6.42 Å². The van der Waals surface area contributed by atoms with Gasteiger partial charge in [-0.2, -0.15) is 5.10 Å². The second kappa shape index (κ2) is 5.51. The minimum atomic E-state index is -0.0949. The molecule has 0 radical (unpaired) electrons. The third-order valence-corrected chi connectivity index (χ3v) is 3.88. The normalized spacial score (nSPS) is 30.9. The lowest BCUT2D eigenvalue weighted by molar-refractivity contribution is -0.112. The van der Waals surface area contributed by atoms with Gasteiger partial charge in [-0.1, -0.05) is 6.92 Å². The summed E-state index contributed by atoms with van der Waals surface area (Å²) in [6.45, 7) is 5.36. The molecule has 1 aromatic heterocycles. The lowest BCUT2D eigenvalue weighted by Crippen LogP contribution is -2.44. The molecule has 0 saturated carbocycles. The Morgan fingerprint density at radius 3 is 3.26 bits per heavy atom. The standard InChI is InChI=1S/C14H22N2O3/c1-2-5-16-10-13(9-15-16)19-12-3-6-18-14(8-12)4-7-17-11-14/h9-10,12H,2-8,11H2,1H3. The zero-order chi connectivity index (χ0) is 13.1. The van der Waals surface area contributed by atoms with Crippen LogP contribution in [-0.4, -0.2) is 41.3 Å². The third-order valence-electron chi connectivity index (χ3n) is 3.88. The van der Waals surface area contributed by atoms with Crippen LogP contribution in [0.25, 0.3) is 0 Å². The molecule has 3 rings (SSSR count). The quantitative estimate of drug-likeness (QED) is 0.836. The van der Waals surface area contributed by atoms with Crippen LogP contribution in [0.3, 0.4) is 0 Å². The number of aryl methyl sites for hydroxylation is 1. The molecule has 2 aliphatic rings. The summed E-state index contributed by atoms with van der Waals surface area (Å²) in [6, 6.07) is 0. The lowest BCUT2D eigenvalue weighted by atomic mass is 9.91. The number of hydrogen-bond donors (Lipinski definition) is 0. The van der Waals surface area contributed by atoms with Crippen molar-refractivity contribution in [2.24, 2.45) is 0 Å². The van der Waals surface area contributed by atoms with E-state index < -0.39 is 0 Å². The summed E-state index contributed by atoms with van der Waals surface area (Å²) in [4.78, 5) is 0. The first-order valence-electron chi connectivity index (χ1n) is 7.20. The van der Waals surface area contributed by atoms with Crippen LogP contribution in [0.15, 0.2) is 12.4 Å². The van der Waals surface area contributed by atoms with Gasteiger partial charge in [-0.3, -0.25) is 4.68 Å². The molecule has 0 bridgehead atoms. The molecule has 0 aromatic carbocycles. The zero-order valence-electron chi connectivity index (χ0n) is 11.5. The number of rotatable bonds is 4. The van der Waals surface area contributed by atoms with Crippen molar-refractivity contribution in [3.63, 3.8) is 0 Å². The van der Waals surface area contributed by atoms with E-state index in [1.54, 1.807) is 0 Å². The Labute approximate surface area is 113 Å². The topological polar surface area (TPSA) is 45.5 Å². The molecular weight excluding hydrogens is 244 g/mol. The minimum absolute atomic E-state index is 0.0949. The average molecular weight is 266 g/mol. The largest absolute Gasteiger partial charge is 0.487 e. The second-order valence-corrected chi connectivity index (χ2v) is 5.51. The summed E-state index contributed by atoms with van der Waals surface area (Å²) >= 11 is 0. The van der Waals surface area contributed by atoms with Crippen LogP contribution in [-0.2, 0) is 16.0 Å². The van der Waals surface area contributed by atoms with Crippen molar-refractivity contribution in [1.82, 2.24) is 9.78 Å². The summed E-state index contributed by atoms with van der Waals surface area (Å²) < 4.78 is 19.4. The molecule has 0 amide bonds. The molecule has 2 aliphatic heterocycles. The molecule has 0 aliphatic carbocycles. The van der Waals surface area contributed by atoms with Crippen LogP contribution in [0.5, 0.6) is 5.75 Å². The summed E-state index contributed by atoms with van der Waals surface area (Å²) in [5.41, 5.74) is -0.0949. The monoisotopic (exact) mass is 266 g/mol. The minimum Gasteiger partial charge on any atom is -0.487 e. The number of aromatic nitrogens is 2. The maximum Gasteiger partial charge on any atom is 0.157 e. The van der Waals surface area contributed by atoms with E-state index in [2.05, 4.69) is 12.0 Å². The van der Waals surface area contributed by atoms with Gasteiger partial charge in [-0.25, -0.2) is 0 Å². The van der Waals surface area contributed by atoms with Gasteiger partial charge in [0.2, 0.25) is 0 Å². The van der Waals surface area contributed by atoms with E-state index in [9.17, 15) is 0 Å². The Balaban J connectivity index is 1.59. The summed E-state index contributed by atoms with van der Waals surface area (Å²) in [6.07, 6.45) is 7.95. The van der Waals surface area contributed by atoms with Crippen molar-refractivity contribution >= 4 is 0 Å². The molecule has 5 nitrogen and oxygen atoms in total. The van der Waals surface area contributed by atoms with Crippen LogP contribution >= 0.6 is 0 Å². The van der Waals surface area contributed by atoms with E-state index in [1.807, 2.05) is 17.1 Å². The second-order valence-electron chi connectivity index (χ2n) is 5.51. The van der Waals surface area contributed by atoms with Crippen molar-refractivity contribution in [2.45, 2.75) is 50.9 Å². The Morgan fingerprint density at radius 1 is 1.53 bits per heavy atom. The van der Waals surface area contributed by atoms with Crippen LogP contribution in [0.2, 0.25) is 0 Å². The van der Waals surface area contributed by atoms with Crippen LogP contribution < -0.4 is 4.74 Å². The fourth-order valence-corrected chi connectivity index (χ4v) is 2.90. The van der Waals surface area contributed by atoms with Crippen LogP contribution in [0, 0.1) is 0 Å². The summed E-state index contributed by atoms with van der Waals surface area (Å²) in [5.74, 6) is 0.870. The number of nitrogens with zero attached hydrogens (tertiary/aromatic N) is 2. The van der Waals surface area contributed by atoms with E-state index in [0.29, 0.717) is 6.61 Å². The van der Waals surface area contributed by atoms with Gasteiger partial charge < -0.3 is 14.2 Å². The van der Waals surface area contributed by atoms with Crippen molar-refractivity contribution < 1.29 is 14.2 Å². The van der Waals surface area contributed by atoms with Crippen molar-refractivity contribution in [2.75, 3.05) is 19.8 Å². The molecule has 1 spiro atoms. The van der Waals surface area contributed by atoms with Gasteiger partial charge >= 0.3 is 0 Å². The van der Waals surface area contributed by atoms with E-state index in [0.717, 1.165) is 51.2 Å². The van der Waals surface area contributed by atoms with Crippen molar-refractivity contribution in [3.05, 3.63) is 12.4 Å². The zero-order valence-corrected chi connectivity index (χ0v) is 11.5. The first kappa shape index (κ1) is 12.9. The van der Waals surface area contributed by atoms with Gasteiger partial charge in [0.25, 0.3) is 0 Å². The third kappa shape index (κ3) is 2.92. The molecule has 0 N–H and O–H groups in total. The Hall–Kier alpha value is -1.07. The molecule has 3 heterocycles. The van der Waals surface area contributed by atoms with Gasteiger partial charge in [0.05, 0.1) is 31.2 Å². The predicted octanol–water partition coefficient (Wildman–Crippen LogP) is 2.01. The molecule has 2 atom stereocenters. The summed E-state index contributed by atoms with van der Waals surface area (Å²) in [7, 11) is 0. The molecule has 106 valence electrons. The van der Waals surface area contributed by atoms with Crippen molar-refractivity contribution in [1.29, 1.82) is 0 Å². The fourth-order valence-electron chi connectivity index (χ4n) is 2.90. The number of ether oxygens (including phenoxy) is 3. The van der Waals surface area contributed by atoms with Crippen LogP contribution in [0.1, 0.15) is 32.6 Å². The fraction of sp³-hybridized carbons (Fsp3) is 0.786. The highest BCUT2D eigenvalue weighted by Gasteiger charge is 2.41. The van der Waals surface area contributed by atoms with Crippen molar-refractivity contribution in [3.8, 4) is 5.75 Å². The van der Waals surface area contributed by atoms with Gasteiger partial charge in [0.15, 0.2) is 5.75 Å². The predicted molar refractivity (Wildman–Crippen MR) is 70.3 cm³/mol. The van der Waals surface area contributed by atoms with Crippen LogP contribution in [0.4, 0.5) is 0 Å². The molecule has 5 heteroatoms. The molecule has 19 heavy (non-hydrogen) atoms. The van der Waals surface area contributed by atoms with Gasteiger partial charge in [-0.15, -0.1) is 0 Å². The Bertz CT molecular complexity index is 413. The summed E-state index contributed by atoms with van der Waals surface area (Å²) in [5, 5.41) is 4.30. The average Bonchev–Trinajstić information content (AvgIpc) is 3.01. The molecule has 2 saturated heterocycles. The van der Waals surface area contributed by atoms with Gasteiger partial charge in [0, 0.05) is 32.4 Å². The molecule has 1 aromatic rings. The van der Waals surface area contributed by atoms with E-state index in [4.69, 9.17) is 14.2 Å². The highest BCUT2D eigenvalue weighted by atomic mass is 16.6. The van der Waals surface area contributed by atoms with E-state index in [1.165, 1.54) is 0 Å². The Morgan fingerprint density at radius 2 is 2.47 bits per heavy atom. The first-order valence-corrected chi connectivity index (χ1v) is 7.20. The van der Waals surface area contributed by atoms with E-state index in [-0.39, 0.29) is 11.7 Å². The SMILES string of the molecule is CCCn1cc(OC2CCOC3(CCOC3)C2)cn1. The Kier molecular flexibility index (Phi) is 3.75. The molecule has 2 unspecified atom stereocenters. The maximum atomic E-state index is 6.05. The van der Waals surface area contributed by atoms with Gasteiger partial charge in [0.1, 0.15) is 6.10 Å².